The van der Waals surface area contributed by atoms with Crippen LogP contribution in [0.25, 0.3) is 28.3 Å². The summed E-state index contributed by atoms with van der Waals surface area (Å²) in [4.78, 5) is 14.7. The van der Waals surface area contributed by atoms with Crippen LogP contribution in [0.15, 0.2) is 131 Å². The van der Waals surface area contributed by atoms with Gasteiger partial charge >= 0.3 is 0 Å². The largest absolute Gasteiger partial charge is 0.462 e. The highest BCUT2D eigenvalue weighted by atomic mass is 32.2. The molecule has 0 aromatic heterocycles. The molecule has 7 rings (SSSR count). The van der Waals surface area contributed by atoms with Crippen LogP contribution in [0.4, 0.5) is 11.4 Å². The summed E-state index contributed by atoms with van der Waals surface area (Å²) in [6, 6.07) is 40.3. The molecule has 5 heteroatoms. The van der Waals surface area contributed by atoms with Gasteiger partial charge in [-0.25, -0.2) is 0 Å². The zero-order valence-electron chi connectivity index (χ0n) is 24.5. The highest BCUT2D eigenvalue weighted by Crippen LogP contribution is 2.56. The van der Waals surface area contributed by atoms with Crippen molar-refractivity contribution < 1.29 is 4.74 Å². The Morgan fingerprint density at radius 2 is 1.37 bits per heavy atom. The van der Waals surface area contributed by atoms with Crippen molar-refractivity contribution in [3.05, 3.63) is 143 Å². The van der Waals surface area contributed by atoms with Gasteiger partial charge in [0.05, 0.1) is 10.3 Å². The molecule has 43 heavy (non-hydrogen) atoms. The Kier molecular flexibility index (Phi) is 6.71. The molecule has 0 bridgehead atoms. The van der Waals surface area contributed by atoms with Gasteiger partial charge in [0.15, 0.2) is 0 Å². The minimum atomic E-state index is -0.754. The number of rotatable bonds is 6. The molecule has 0 saturated carbocycles. The molecule has 0 fully saturated rings. The maximum absolute atomic E-state index is 11.4. The van der Waals surface area contributed by atoms with Gasteiger partial charge < -0.3 is 9.64 Å². The van der Waals surface area contributed by atoms with E-state index in [4.69, 9.17) is 4.74 Å². The van der Waals surface area contributed by atoms with E-state index in [1.165, 1.54) is 33.4 Å². The van der Waals surface area contributed by atoms with Crippen LogP contribution in [0.3, 0.4) is 0 Å². The lowest BCUT2D eigenvalue weighted by molar-refractivity contribution is 0.0493. The zero-order chi connectivity index (χ0) is 29.6. The second kappa shape index (κ2) is 10.6. The summed E-state index contributed by atoms with van der Waals surface area (Å²) in [6.07, 6.45) is 6.26. The smallest absolute Gasteiger partial charge is 0.212 e. The molecular weight excluding hydrogens is 548 g/mol. The van der Waals surface area contributed by atoms with E-state index < -0.39 is 5.72 Å². The van der Waals surface area contributed by atoms with Gasteiger partial charge in [0.25, 0.3) is 0 Å². The van der Waals surface area contributed by atoms with Crippen LogP contribution >= 0.6 is 11.8 Å². The molecule has 0 N–H and O–H groups in total. The fourth-order valence-electron chi connectivity index (χ4n) is 6.54. The molecule has 0 saturated heterocycles. The molecule has 4 nitrogen and oxygen atoms in total. The SMILES string of the molecule is CSc1cc(N=O)cc2c1OC1(C=C2)N(Cc2ccc(-c3ccc(-c4ccccc4)cc3)cc2)c2ccccc2C1(C)C. The second-order valence-corrected chi connectivity index (χ2v) is 12.5. The van der Waals surface area contributed by atoms with Crippen molar-refractivity contribution in [2.45, 2.75) is 36.4 Å². The van der Waals surface area contributed by atoms with Crippen LogP contribution in [-0.2, 0) is 12.0 Å². The van der Waals surface area contributed by atoms with Crippen LogP contribution in [-0.4, -0.2) is 12.0 Å². The van der Waals surface area contributed by atoms with Crippen molar-refractivity contribution in [3.63, 3.8) is 0 Å². The highest BCUT2D eigenvalue weighted by molar-refractivity contribution is 7.98. The molecule has 5 aromatic carbocycles. The average molecular weight is 581 g/mol. The first-order chi connectivity index (χ1) is 20.9. The van der Waals surface area contributed by atoms with Gasteiger partial charge in [-0.1, -0.05) is 97.1 Å². The maximum atomic E-state index is 11.4. The number of anilines is 1. The first-order valence-electron chi connectivity index (χ1n) is 14.5. The van der Waals surface area contributed by atoms with E-state index in [-0.39, 0.29) is 5.41 Å². The Labute approximate surface area is 257 Å². The summed E-state index contributed by atoms with van der Waals surface area (Å²) < 4.78 is 7.10. The fourth-order valence-corrected chi connectivity index (χ4v) is 7.12. The van der Waals surface area contributed by atoms with Crippen molar-refractivity contribution in [1.29, 1.82) is 0 Å². The predicted molar refractivity (Wildman–Crippen MR) is 179 cm³/mol. The first kappa shape index (κ1) is 27.2. The van der Waals surface area contributed by atoms with Crippen molar-refractivity contribution in [1.82, 2.24) is 0 Å². The van der Waals surface area contributed by atoms with E-state index in [2.05, 4.69) is 133 Å². The van der Waals surface area contributed by atoms with Gasteiger partial charge in [0, 0.05) is 17.8 Å². The summed E-state index contributed by atoms with van der Waals surface area (Å²) in [6.45, 7) is 5.18. The van der Waals surface area contributed by atoms with E-state index in [0.717, 1.165) is 21.9 Å². The monoisotopic (exact) mass is 580 g/mol. The summed E-state index contributed by atoms with van der Waals surface area (Å²) in [5.41, 5.74) is 8.61. The molecular formula is C38H32N2O2S. The lowest BCUT2D eigenvalue weighted by atomic mass is 9.76. The van der Waals surface area contributed by atoms with Gasteiger partial charge in [-0.05, 0) is 89.0 Å². The number of fused-ring (bicyclic) bond motifs is 2. The molecule has 1 atom stereocenters. The summed E-state index contributed by atoms with van der Waals surface area (Å²) in [5, 5.41) is 3.19. The average Bonchev–Trinajstić information content (AvgIpc) is 3.23. The van der Waals surface area contributed by atoms with Gasteiger partial charge in [0.2, 0.25) is 5.72 Å². The Balaban J connectivity index is 1.23. The summed E-state index contributed by atoms with van der Waals surface area (Å²) >= 11 is 1.57. The Morgan fingerprint density at radius 3 is 2.02 bits per heavy atom. The summed E-state index contributed by atoms with van der Waals surface area (Å²) in [7, 11) is 0. The van der Waals surface area contributed by atoms with Gasteiger partial charge in [0.1, 0.15) is 11.4 Å². The Hall–Kier alpha value is -4.61. The molecule has 1 unspecified atom stereocenters. The number of hydrogen-bond acceptors (Lipinski definition) is 5. The molecule has 0 radical (unpaired) electrons. The van der Waals surface area contributed by atoms with Gasteiger partial charge in [-0.15, -0.1) is 16.7 Å². The third kappa shape index (κ3) is 4.47. The van der Waals surface area contributed by atoms with Crippen molar-refractivity contribution in [2.24, 2.45) is 5.18 Å². The number of thioether (sulfide) groups is 1. The third-order valence-electron chi connectivity index (χ3n) is 8.92. The zero-order valence-corrected chi connectivity index (χ0v) is 25.3. The van der Waals surface area contributed by atoms with E-state index in [9.17, 15) is 4.91 Å². The van der Waals surface area contributed by atoms with Crippen molar-refractivity contribution in [2.75, 3.05) is 11.2 Å². The third-order valence-corrected chi connectivity index (χ3v) is 9.67. The number of benzene rings is 5. The standard InChI is InChI=1S/C38H32N2O2S/c1-37(2)33-11-7-8-12-34(33)40(38(37)22-21-31-23-32(39-41)24-35(43-3)36(31)42-38)25-26-13-15-28(16-14-26)30-19-17-29(18-20-30)27-9-5-4-6-10-27/h4-24H,25H2,1-3H3. The topological polar surface area (TPSA) is 41.9 Å². The van der Waals surface area contributed by atoms with E-state index in [1.54, 1.807) is 17.8 Å². The van der Waals surface area contributed by atoms with Gasteiger partial charge in [-0.2, -0.15) is 0 Å². The molecule has 0 aliphatic carbocycles. The van der Waals surface area contributed by atoms with Crippen molar-refractivity contribution in [3.8, 4) is 28.0 Å². The number of para-hydroxylation sites is 1. The molecule has 0 amide bonds. The molecule has 2 heterocycles. The molecule has 2 aliphatic rings. The van der Waals surface area contributed by atoms with E-state index in [1.807, 2.05) is 18.4 Å². The molecule has 5 aromatic rings. The van der Waals surface area contributed by atoms with Crippen LogP contribution in [0, 0.1) is 4.91 Å². The minimum Gasteiger partial charge on any atom is -0.462 e. The Morgan fingerprint density at radius 1 is 0.767 bits per heavy atom. The van der Waals surface area contributed by atoms with Crippen molar-refractivity contribution >= 4 is 29.2 Å². The van der Waals surface area contributed by atoms with E-state index >= 15 is 0 Å². The number of nitrogens with zero attached hydrogens (tertiary/aromatic N) is 2. The second-order valence-electron chi connectivity index (χ2n) is 11.7. The van der Waals surface area contributed by atoms with Crippen LogP contribution < -0.4 is 9.64 Å². The Bertz CT molecular complexity index is 1850. The summed E-state index contributed by atoms with van der Waals surface area (Å²) in [5.74, 6) is 0.794. The maximum Gasteiger partial charge on any atom is 0.212 e. The number of ether oxygens (including phenoxy) is 1. The number of hydrogen-bond donors (Lipinski definition) is 0. The fraction of sp³-hybridized carbons (Fsp3) is 0.158. The van der Waals surface area contributed by atoms with Crippen LogP contribution in [0.1, 0.15) is 30.5 Å². The lowest BCUT2D eigenvalue weighted by Gasteiger charge is -2.47. The van der Waals surface area contributed by atoms with Crippen LogP contribution in [0.5, 0.6) is 5.75 Å². The lowest BCUT2D eigenvalue weighted by Crippen LogP contribution is -2.59. The van der Waals surface area contributed by atoms with Crippen LogP contribution in [0.2, 0.25) is 0 Å². The normalized spacial score (nSPS) is 17.8. The quantitative estimate of drug-likeness (QED) is 0.148. The highest BCUT2D eigenvalue weighted by Gasteiger charge is 2.59. The number of nitroso groups, excluding NO2 is 1. The molecule has 2 aliphatic heterocycles. The van der Waals surface area contributed by atoms with Gasteiger partial charge in [-0.3, -0.25) is 0 Å². The van der Waals surface area contributed by atoms with E-state index in [0.29, 0.717) is 12.2 Å². The molecule has 1 spiro atoms. The molecule has 212 valence electrons. The first-order valence-corrected chi connectivity index (χ1v) is 15.7. The predicted octanol–water partition coefficient (Wildman–Crippen LogP) is 10.2. The minimum absolute atomic E-state index is 0.352.